The zero-order chi connectivity index (χ0) is 13.1. The van der Waals surface area contributed by atoms with E-state index in [0.29, 0.717) is 11.4 Å². The Labute approximate surface area is 104 Å². The molecule has 1 aromatic heterocycles. The SMILES string of the molecule is COc1ccc(C(CN)c2nnn(C)n2)cc1F. The van der Waals surface area contributed by atoms with Gasteiger partial charge in [-0.05, 0) is 22.9 Å². The van der Waals surface area contributed by atoms with E-state index in [0.717, 1.165) is 0 Å². The minimum absolute atomic E-state index is 0.196. The molecule has 0 aliphatic carbocycles. The number of aryl methyl sites for hydroxylation is 1. The first-order valence-electron chi connectivity index (χ1n) is 5.43. The Hall–Kier alpha value is -2.02. The van der Waals surface area contributed by atoms with Crippen molar-refractivity contribution < 1.29 is 9.13 Å². The molecule has 18 heavy (non-hydrogen) atoms. The highest BCUT2D eigenvalue weighted by atomic mass is 19.1. The van der Waals surface area contributed by atoms with E-state index in [1.165, 1.54) is 18.0 Å². The Kier molecular flexibility index (Phi) is 3.52. The molecule has 1 aromatic carbocycles. The number of nitrogens with two attached hydrogens (primary N) is 1. The third kappa shape index (κ3) is 2.30. The van der Waals surface area contributed by atoms with Crippen molar-refractivity contribution in [3.8, 4) is 5.75 Å². The van der Waals surface area contributed by atoms with E-state index < -0.39 is 5.82 Å². The Bertz CT molecular complexity index is 542. The van der Waals surface area contributed by atoms with Gasteiger partial charge in [0.2, 0.25) is 0 Å². The molecule has 0 aliphatic rings. The summed E-state index contributed by atoms with van der Waals surface area (Å²) < 4.78 is 18.5. The highest BCUT2D eigenvalue weighted by Crippen LogP contribution is 2.25. The second kappa shape index (κ2) is 5.09. The summed E-state index contributed by atoms with van der Waals surface area (Å²) in [6.45, 7) is 0.275. The first-order valence-corrected chi connectivity index (χ1v) is 5.43. The molecule has 0 saturated carbocycles. The predicted octanol–water partition coefficient (Wildman–Crippen LogP) is 0.448. The molecule has 0 bridgehead atoms. The molecule has 0 radical (unpaired) electrons. The number of aromatic nitrogens is 4. The van der Waals surface area contributed by atoms with E-state index in [4.69, 9.17) is 10.5 Å². The Morgan fingerprint density at radius 2 is 2.28 bits per heavy atom. The number of halogens is 1. The Balaban J connectivity index is 2.36. The largest absolute Gasteiger partial charge is 0.494 e. The van der Waals surface area contributed by atoms with Crippen LogP contribution in [-0.4, -0.2) is 33.9 Å². The molecule has 0 amide bonds. The fourth-order valence-electron chi connectivity index (χ4n) is 1.73. The Morgan fingerprint density at radius 1 is 1.50 bits per heavy atom. The van der Waals surface area contributed by atoms with Crippen LogP contribution in [0.4, 0.5) is 4.39 Å². The van der Waals surface area contributed by atoms with Crippen LogP contribution in [0.3, 0.4) is 0 Å². The summed E-state index contributed by atoms with van der Waals surface area (Å²) in [5.74, 6) is -0.0392. The number of hydrogen-bond donors (Lipinski definition) is 1. The van der Waals surface area contributed by atoms with E-state index in [1.54, 1.807) is 19.2 Å². The number of nitrogens with zero attached hydrogens (tertiary/aromatic N) is 4. The number of methoxy groups -OCH3 is 1. The van der Waals surface area contributed by atoms with Crippen molar-refractivity contribution in [3.63, 3.8) is 0 Å². The smallest absolute Gasteiger partial charge is 0.183 e. The topological polar surface area (TPSA) is 78.9 Å². The lowest BCUT2D eigenvalue weighted by Crippen LogP contribution is -2.16. The molecule has 0 fully saturated rings. The van der Waals surface area contributed by atoms with Crippen molar-refractivity contribution in [1.82, 2.24) is 20.2 Å². The number of ether oxygens (including phenoxy) is 1. The summed E-state index contributed by atoms with van der Waals surface area (Å²) >= 11 is 0. The molecule has 2 N–H and O–H groups in total. The van der Waals surface area contributed by atoms with Crippen LogP contribution < -0.4 is 10.5 Å². The van der Waals surface area contributed by atoms with Gasteiger partial charge in [0, 0.05) is 6.54 Å². The van der Waals surface area contributed by atoms with Crippen LogP contribution in [0.5, 0.6) is 5.75 Å². The summed E-state index contributed by atoms with van der Waals surface area (Å²) in [7, 11) is 3.08. The zero-order valence-corrected chi connectivity index (χ0v) is 10.2. The standard InChI is InChI=1S/C11H14FN5O/c1-17-15-11(14-16-17)8(6-13)7-3-4-10(18-2)9(12)5-7/h3-5,8H,6,13H2,1-2H3. The third-order valence-electron chi connectivity index (χ3n) is 2.65. The fourth-order valence-corrected chi connectivity index (χ4v) is 1.73. The summed E-state index contributed by atoms with van der Waals surface area (Å²) in [5.41, 5.74) is 6.39. The first-order chi connectivity index (χ1) is 8.65. The molecular weight excluding hydrogens is 237 g/mol. The van der Waals surface area contributed by atoms with Crippen molar-refractivity contribution in [2.75, 3.05) is 13.7 Å². The number of benzene rings is 1. The molecule has 1 atom stereocenters. The monoisotopic (exact) mass is 251 g/mol. The molecule has 0 spiro atoms. The summed E-state index contributed by atoms with van der Waals surface area (Å²) in [4.78, 5) is 1.35. The molecule has 0 aliphatic heterocycles. The van der Waals surface area contributed by atoms with Gasteiger partial charge >= 0.3 is 0 Å². The van der Waals surface area contributed by atoms with Gasteiger partial charge in [-0.2, -0.15) is 4.80 Å². The maximum absolute atomic E-state index is 13.6. The van der Waals surface area contributed by atoms with Gasteiger partial charge in [0.25, 0.3) is 0 Å². The number of rotatable bonds is 4. The minimum Gasteiger partial charge on any atom is -0.494 e. The van der Waals surface area contributed by atoms with Crippen molar-refractivity contribution in [1.29, 1.82) is 0 Å². The lowest BCUT2D eigenvalue weighted by Gasteiger charge is -2.12. The lowest BCUT2D eigenvalue weighted by atomic mass is 9.98. The summed E-state index contributed by atoms with van der Waals surface area (Å²) in [6.07, 6.45) is 0. The zero-order valence-electron chi connectivity index (χ0n) is 10.2. The van der Waals surface area contributed by atoms with Gasteiger partial charge in [0.05, 0.1) is 20.1 Å². The van der Waals surface area contributed by atoms with Crippen LogP contribution in [0.15, 0.2) is 18.2 Å². The molecule has 0 saturated heterocycles. The number of tetrazole rings is 1. The van der Waals surface area contributed by atoms with Crippen LogP contribution in [0.25, 0.3) is 0 Å². The molecule has 6 nitrogen and oxygen atoms in total. The molecule has 96 valence electrons. The maximum Gasteiger partial charge on any atom is 0.183 e. The Morgan fingerprint density at radius 3 is 2.78 bits per heavy atom. The molecule has 2 rings (SSSR count). The maximum atomic E-state index is 13.6. The van der Waals surface area contributed by atoms with E-state index in [9.17, 15) is 4.39 Å². The summed E-state index contributed by atoms with van der Waals surface area (Å²) in [5, 5.41) is 11.7. The van der Waals surface area contributed by atoms with Gasteiger partial charge in [-0.1, -0.05) is 6.07 Å². The van der Waals surface area contributed by atoms with E-state index in [1.807, 2.05) is 0 Å². The van der Waals surface area contributed by atoms with Crippen molar-refractivity contribution in [2.45, 2.75) is 5.92 Å². The average Bonchev–Trinajstić information content (AvgIpc) is 2.77. The van der Waals surface area contributed by atoms with E-state index in [-0.39, 0.29) is 18.2 Å². The van der Waals surface area contributed by atoms with Crippen LogP contribution in [0, 0.1) is 5.82 Å². The first kappa shape index (κ1) is 12.4. The van der Waals surface area contributed by atoms with Gasteiger partial charge in [0.1, 0.15) is 0 Å². The van der Waals surface area contributed by atoms with E-state index in [2.05, 4.69) is 15.4 Å². The fraction of sp³-hybridized carbons (Fsp3) is 0.364. The second-order valence-electron chi connectivity index (χ2n) is 3.82. The van der Waals surface area contributed by atoms with Crippen molar-refractivity contribution >= 4 is 0 Å². The van der Waals surface area contributed by atoms with Crippen LogP contribution in [-0.2, 0) is 7.05 Å². The quantitative estimate of drug-likeness (QED) is 0.853. The van der Waals surface area contributed by atoms with Crippen LogP contribution >= 0.6 is 0 Å². The average molecular weight is 251 g/mol. The van der Waals surface area contributed by atoms with Gasteiger partial charge in [0.15, 0.2) is 17.4 Å². The van der Waals surface area contributed by atoms with E-state index >= 15 is 0 Å². The molecule has 1 unspecified atom stereocenters. The summed E-state index contributed by atoms with van der Waals surface area (Å²) in [6, 6.07) is 4.69. The van der Waals surface area contributed by atoms with Gasteiger partial charge < -0.3 is 10.5 Å². The molecular formula is C11H14FN5O. The van der Waals surface area contributed by atoms with Gasteiger partial charge in [-0.25, -0.2) is 4.39 Å². The van der Waals surface area contributed by atoms with Crippen molar-refractivity contribution in [3.05, 3.63) is 35.4 Å². The predicted molar refractivity (Wildman–Crippen MR) is 62.6 cm³/mol. The number of hydrogen-bond acceptors (Lipinski definition) is 5. The van der Waals surface area contributed by atoms with Crippen LogP contribution in [0.2, 0.25) is 0 Å². The van der Waals surface area contributed by atoms with Crippen molar-refractivity contribution in [2.24, 2.45) is 12.8 Å². The second-order valence-corrected chi connectivity index (χ2v) is 3.82. The normalized spacial score (nSPS) is 12.4. The highest BCUT2D eigenvalue weighted by Gasteiger charge is 2.19. The molecule has 7 heteroatoms. The third-order valence-corrected chi connectivity index (χ3v) is 2.65. The highest BCUT2D eigenvalue weighted by molar-refractivity contribution is 5.33. The van der Waals surface area contributed by atoms with Gasteiger partial charge in [-0.3, -0.25) is 0 Å². The lowest BCUT2D eigenvalue weighted by molar-refractivity contribution is 0.386. The minimum atomic E-state index is -0.433. The molecule has 2 aromatic rings. The van der Waals surface area contributed by atoms with Crippen LogP contribution in [0.1, 0.15) is 17.3 Å². The molecule has 1 heterocycles. The van der Waals surface area contributed by atoms with Gasteiger partial charge in [-0.15, -0.1) is 10.2 Å².